The summed E-state index contributed by atoms with van der Waals surface area (Å²) >= 11 is 0. The van der Waals surface area contributed by atoms with E-state index in [4.69, 9.17) is 13.9 Å². The minimum atomic E-state index is -0.593. The average Bonchev–Trinajstić information content (AvgIpc) is 2.84. The maximum atomic E-state index is 13.3. The summed E-state index contributed by atoms with van der Waals surface area (Å²) in [5.41, 5.74) is 0.151. The van der Waals surface area contributed by atoms with Crippen molar-refractivity contribution in [3.8, 4) is 23.0 Å². The maximum Gasteiger partial charge on any atom is 0.204 e. The number of hydrogen-bond donors (Lipinski definition) is 2. The number of aromatic hydroxyl groups is 2. The second-order valence-corrected chi connectivity index (χ2v) is 8.94. The third-order valence-corrected chi connectivity index (χ3v) is 6.14. The lowest BCUT2D eigenvalue weighted by Crippen LogP contribution is -2.29. The Kier molecular flexibility index (Phi) is 3.25. The molecule has 0 unspecified atom stereocenters. The topological polar surface area (TPSA) is 89.1 Å². The summed E-state index contributed by atoms with van der Waals surface area (Å²) in [6, 6.07) is 3.00. The zero-order valence-corrected chi connectivity index (χ0v) is 16.9. The molecule has 0 amide bonds. The van der Waals surface area contributed by atoms with E-state index in [-0.39, 0.29) is 39.7 Å². The van der Waals surface area contributed by atoms with Gasteiger partial charge in [-0.1, -0.05) is 13.8 Å². The normalized spacial score (nSPS) is 20.9. The van der Waals surface area contributed by atoms with E-state index in [0.717, 1.165) is 0 Å². The molecule has 5 rings (SSSR count). The number of phenolic OH excluding ortho intramolecular Hbond substituents is 2. The van der Waals surface area contributed by atoms with E-state index in [9.17, 15) is 15.0 Å². The lowest BCUT2D eigenvalue weighted by Gasteiger charge is -2.28. The van der Waals surface area contributed by atoms with E-state index in [0.29, 0.717) is 22.5 Å². The van der Waals surface area contributed by atoms with Gasteiger partial charge in [0.1, 0.15) is 39.8 Å². The minimum absolute atomic E-state index is 0.0856. The first-order chi connectivity index (χ1) is 13.5. The van der Waals surface area contributed by atoms with Crippen LogP contribution in [0.15, 0.2) is 27.4 Å². The monoisotopic (exact) mass is 394 g/mol. The summed E-state index contributed by atoms with van der Waals surface area (Å²) in [5.74, 6) is 0.501. The molecule has 0 saturated heterocycles. The van der Waals surface area contributed by atoms with Crippen molar-refractivity contribution in [2.75, 3.05) is 0 Å². The Morgan fingerprint density at radius 2 is 1.83 bits per heavy atom. The van der Waals surface area contributed by atoms with Gasteiger partial charge in [0.2, 0.25) is 5.43 Å². The van der Waals surface area contributed by atoms with E-state index in [1.807, 2.05) is 40.7 Å². The molecule has 29 heavy (non-hydrogen) atoms. The van der Waals surface area contributed by atoms with E-state index in [2.05, 4.69) is 0 Å². The molecule has 3 heterocycles. The van der Waals surface area contributed by atoms with Crippen molar-refractivity contribution in [2.24, 2.45) is 0 Å². The highest BCUT2D eigenvalue weighted by Crippen LogP contribution is 2.50. The molecular weight excluding hydrogens is 372 g/mol. The molecule has 2 aliphatic heterocycles. The van der Waals surface area contributed by atoms with Crippen molar-refractivity contribution in [1.29, 1.82) is 0 Å². The zero-order valence-electron chi connectivity index (χ0n) is 16.9. The molecule has 2 N–H and O–H groups in total. The van der Waals surface area contributed by atoms with E-state index >= 15 is 0 Å². The van der Waals surface area contributed by atoms with Gasteiger partial charge in [0, 0.05) is 17.0 Å². The Morgan fingerprint density at radius 1 is 1.10 bits per heavy atom. The van der Waals surface area contributed by atoms with E-state index < -0.39 is 16.4 Å². The van der Waals surface area contributed by atoms with Gasteiger partial charge in [0.05, 0.1) is 10.9 Å². The van der Waals surface area contributed by atoms with Gasteiger partial charge in [0.25, 0.3) is 0 Å². The molecule has 0 bridgehead atoms. The molecule has 0 saturated carbocycles. The molecule has 2 aromatic carbocycles. The Balaban J connectivity index is 1.91. The van der Waals surface area contributed by atoms with Crippen LogP contribution in [0.1, 0.15) is 45.7 Å². The van der Waals surface area contributed by atoms with E-state index in [1.165, 1.54) is 6.07 Å². The molecule has 0 fully saturated rings. The van der Waals surface area contributed by atoms with E-state index in [1.54, 1.807) is 12.1 Å². The Bertz CT molecular complexity index is 1310. The predicted molar refractivity (Wildman–Crippen MR) is 110 cm³/mol. The van der Waals surface area contributed by atoms with Crippen LogP contribution in [-0.4, -0.2) is 21.9 Å². The van der Waals surface area contributed by atoms with Crippen LogP contribution in [0.2, 0.25) is 0 Å². The zero-order chi connectivity index (χ0) is 20.9. The van der Waals surface area contributed by atoms with Gasteiger partial charge in [-0.25, -0.2) is 0 Å². The van der Waals surface area contributed by atoms with Crippen molar-refractivity contribution < 1.29 is 24.1 Å². The van der Waals surface area contributed by atoms with Gasteiger partial charge in [-0.05, 0) is 39.0 Å². The molecule has 1 aromatic heterocycles. The fraction of sp³-hybridized carbons (Fsp3) is 0.348. The van der Waals surface area contributed by atoms with Crippen molar-refractivity contribution >= 4 is 28.0 Å². The van der Waals surface area contributed by atoms with Gasteiger partial charge in [0.15, 0.2) is 11.5 Å². The molecule has 2 aliphatic rings. The smallest absolute Gasteiger partial charge is 0.204 e. The van der Waals surface area contributed by atoms with Crippen LogP contribution in [0, 0.1) is 0 Å². The first-order valence-electron chi connectivity index (χ1n) is 9.59. The summed E-state index contributed by atoms with van der Waals surface area (Å²) in [6.07, 6.45) is 3.45. The van der Waals surface area contributed by atoms with Crippen LogP contribution < -0.4 is 14.9 Å². The molecule has 6 heteroatoms. The van der Waals surface area contributed by atoms with Gasteiger partial charge >= 0.3 is 0 Å². The SMILES string of the molecule is C[C@@H]1Oc2cc3oc4c5c(c(O)cc4c(=O)c3c(O)c2C1(C)C)OC(C)(C)C=C5. The van der Waals surface area contributed by atoms with Crippen molar-refractivity contribution in [1.82, 2.24) is 0 Å². The maximum absolute atomic E-state index is 13.3. The van der Waals surface area contributed by atoms with Crippen LogP contribution in [0.5, 0.6) is 23.0 Å². The van der Waals surface area contributed by atoms with Crippen LogP contribution in [0.4, 0.5) is 0 Å². The number of benzene rings is 2. The van der Waals surface area contributed by atoms with Crippen molar-refractivity contribution in [2.45, 2.75) is 51.7 Å². The third kappa shape index (κ3) is 2.26. The highest BCUT2D eigenvalue weighted by Gasteiger charge is 2.42. The minimum Gasteiger partial charge on any atom is -0.507 e. The fourth-order valence-corrected chi connectivity index (χ4v) is 4.20. The molecule has 0 spiro atoms. The summed E-state index contributed by atoms with van der Waals surface area (Å²) in [5, 5.41) is 21.8. The van der Waals surface area contributed by atoms with Gasteiger partial charge in [-0.2, -0.15) is 0 Å². The van der Waals surface area contributed by atoms with Crippen LogP contribution in [0.3, 0.4) is 0 Å². The largest absolute Gasteiger partial charge is 0.507 e. The number of fused-ring (bicyclic) bond motifs is 5. The summed E-state index contributed by atoms with van der Waals surface area (Å²) in [7, 11) is 0. The van der Waals surface area contributed by atoms with Gasteiger partial charge in [-0.15, -0.1) is 0 Å². The number of phenols is 2. The molecular formula is C23H22O6. The third-order valence-electron chi connectivity index (χ3n) is 6.14. The quantitative estimate of drug-likeness (QED) is 0.542. The molecule has 0 radical (unpaired) electrons. The van der Waals surface area contributed by atoms with Crippen molar-refractivity contribution in [3.05, 3.63) is 39.6 Å². The number of hydrogen-bond acceptors (Lipinski definition) is 6. The molecule has 0 aliphatic carbocycles. The first-order valence-corrected chi connectivity index (χ1v) is 9.59. The first kappa shape index (κ1) is 17.9. The molecule has 150 valence electrons. The Morgan fingerprint density at radius 3 is 2.55 bits per heavy atom. The van der Waals surface area contributed by atoms with Crippen LogP contribution in [0.25, 0.3) is 28.0 Å². The second kappa shape index (κ2) is 5.26. The van der Waals surface area contributed by atoms with Crippen LogP contribution >= 0.6 is 0 Å². The van der Waals surface area contributed by atoms with Crippen LogP contribution in [-0.2, 0) is 5.41 Å². The predicted octanol–water partition coefficient (Wildman–Crippen LogP) is 4.60. The highest BCUT2D eigenvalue weighted by molar-refractivity contribution is 6.00. The fourth-order valence-electron chi connectivity index (χ4n) is 4.20. The lowest BCUT2D eigenvalue weighted by molar-refractivity contribution is 0.153. The molecule has 6 nitrogen and oxygen atoms in total. The summed E-state index contributed by atoms with van der Waals surface area (Å²) in [4.78, 5) is 13.3. The summed E-state index contributed by atoms with van der Waals surface area (Å²) in [6.45, 7) is 9.59. The van der Waals surface area contributed by atoms with Gasteiger partial charge < -0.3 is 24.1 Å². The second-order valence-electron chi connectivity index (χ2n) is 8.94. The number of rotatable bonds is 0. The lowest BCUT2D eigenvalue weighted by atomic mass is 9.80. The highest BCUT2D eigenvalue weighted by atomic mass is 16.5. The summed E-state index contributed by atoms with van der Waals surface area (Å²) < 4.78 is 17.9. The Labute approximate surface area is 167 Å². The molecule has 3 aromatic rings. The standard InChI is InChI=1S/C23H22O6/c1-10-23(4,5)17-15(27-10)9-14-16(19(17)26)18(25)12-8-13(24)21-11(20(12)28-14)6-7-22(2,3)29-21/h6-10,24,26H,1-5H3/t10-/m0/s1. The average molecular weight is 394 g/mol. The van der Waals surface area contributed by atoms with Crippen molar-refractivity contribution in [3.63, 3.8) is 0 Å². The molecule has 1 atom stereocenters. The Hall–Kier alpha value is -3.15. The van der Waals surface area contributed by atoms with Gasteiger partial charge in [-0.3, -0.25) is 4.79 Å². The number of ether oxygens (including phenoxy) is 2.